The molecule has 0 radical (unpaired) electrons. The number of aromatic nitrogens is 2. The molecule has 9 heteroatoms. The summed E-state index contributed by atoms with van der Waals surface area (Å²) in [4.78, 5) is 18.5. The van der Waals surface area contributed by atoms with E-state index in [1.165, 1.54) is 30.3 Å². The molecular formula is C21H15ClN2O5S. The molecule has 0 spiro atoms. The first kappa shape index (κ1) is 19.9. The predicted octanol–water partition coefficient (Wildman–Crippen LogP) is 4.85. The van der Waals surface area contributed by atoms with Crippen molar-refractivity contribution < 1.29 is 23.1 Å². The van der Waals surface area contributed by atoms with Crippen molar-refractivity contribution >= 4 is 38.4 Å². The molecule has 2 N–H and O–H groups in total. The molecule has 4 aromatic rings. The number of halogens is 1. The van der Waals surface area contributed by atoms with Crippen LogP contribution in [0.25, 0.3) is 11.0 Å². The van der Waals surface area contributed by atoms with Crippen molar-refractivity contribution in [1.82, 2.24) is 9.97 Å². The van der Waals surface area contributed by atoms with Gasteiger partial charge in [-0.25, -0.2) is 13.2 Å². The fourth-order valence-electron chi connectivity index (χ4n) is 2.98. The van der Waals surface area contributed by atoms with Crippen LogP contribution in [0.5, 0.6) is 11.8 Å². The number of aryl methyl sites for hydroxylation is 1. The molecule has 0 aliphatic rings. The molecular weight excluding hydrogens is 428 g/mol. The lowest BCUT2D eigenvalue weighted by Gasteiger charge is -2.06. The van der Waals surface area contributed by atoms with Gasteiger partial charge in [0.25, 0.3) is 6.01 Å². The van der Waals surface area contributed by atoms with Gasteiger partial charge >= 0.3 is 5.97 Å². The van der Waals surface area contributed by atoms with Crippen LogP contribution in [-0.4, -0.2) is 29.5 Å². The van der Waals surface area contributed by atoms with Crippen molar-refractivity contribution in [3.63, 3.8) is 0 Å². The quantitative estimate of drug-likeness (QED) is 0.457. The fourth-order valence-corrected chi connectivity index (χ4v) is 4.80. The number of carboxylic acids is 1. The number of H-pyrrole nitrogens is 1. The summed E-state index contributed by atoms with van der Waals surface area (Å²) in [6, 6.07) is 15.5. The molecule has 1 heterocycles. The summed E-state index contributed by atoms with van der Waals surface area (Å²) < 4.78 is 31.5. The number of benzene rings is 3. The Labute approximate surface area is 176 Å². The number of hydrogen-bond acceptors (Lipinski definition) is 5. The van der Waals surface area contributed by atoms with Crippen molar-refractivity contribution in [1.29, 1.82) is 0 Å². The first-order chi connectivity index (χ1) is 14.3. The van der Waals surface area contributed by atoms with Gasteiger partial charge in [0.1, 0.15) is 5.75 Å². The molecule has 0 bridgehead atoms. The summed E-state index contributed by atoms with van der Waals surface area (Å²) in [6.07, 6.45) is 0. The largest absolute Gasteiger partial charge is 0.478 e. The average Bonchev–Trinajstić information content (AvgIpc) is 3.10. The summed E-state index contributed by atoms with van der Waals surface area (Å²) in [5.74, 6) is -0.787. The van der Waals surface area contributed by atoms with Gasteiger partial charge in [-0.2, -0.15) is 4.98 Å². The molecule has 3 aromatic carbocycles. The molecule has 0 amide bonds. The lowest BCUT2D eigenvalue weighted by molar-refractivity contribution is 0.0695. The summed E-state index contributed by atoms with van der Waals surface area (Å²) in [7, 11) is -3.82. The van der Waals surface area contributed by atoms with Gasteiger partial charge < -0.3 is 14.8 Å². The van der Waals surface area contributed by atoms with Crippen molar-refractivity contribution in [3.8, 4) is 11.8 Å². The Hall–Kier alpha value is -3.36. The van der Waals surface area contributed by atoms with Gasteiger partial charge in [-0.1, -0.05) is 35.9 Å². The van der Waals surface area contributed by atoms with E-state index in [1.54, 1.807) is 37.3 Å². The maximum absolute atomic E-state index is 12.9. The zero-order valence-corrected chi connectivity index (χ0v) is 17.2. The van der Waals surface area contributed by atoms with E-state index >= 15 is 0 Å². The van der Waals surface area contributed by atoms with Crippen LogP contribution < -0.4 is 4.74 Å². The van der Waals surface area contributed by atoms with Gasteiger partial charge in [0.05, 0.1) is 31.4 Å². The molecule has 1 aromatic heterocycles. The van der Waals surface area contributed by atoms with Gasteiger partial charge in [-0.05, 0) is 48.9 Å². The van der Waals surface area contributed by atoms with E-state index in [9.17, 15) is 18.3 Å². The first-order valence-corrected chi connectivity index (χ1v) is 10.6. The third-order valence-corrected chi connectivity index (χ3v) is 6.75. The van der Waals surface area contributed by atoms with Gasteiger partial charge in [0.2, 0.25) is 9.84 Å². The Balaban J connectivity index is 1.73. The van der Waals surface area contributed by atoms with Crippen LogP contribution in [0.15, 0.2) is 70.5 Å². The summed E-state index contributed by atoms with van der Waals surface area (Å²) >= 11 is 6.25. The number of hydrogen-bond donors (Lipinski definition) is 2. The van der Waals surface area contributed by atoms with Crippen LogP contribution in [0, 0.1) is 6.92 Å². The van der Waals surface area contributed by atoms with E-state index in [2.05, 4.69) is 9.97 Å². The number of carboxylic acid groups (broad SMARTS) is 1. The van der Waals surface area contributed by atoms with Crippen LogP contribution in [-0.2, 0) is 9.84 Å². The molecule has 0 saturated carbocycles. The van der Waals surface area contributed by atoms with Gasteiger partial charge in [-0.3, -0.25) is 0 Å². The molecule has 0 unspecified atom stereocenters. The van der Waals surface area contributed by atoms with Crippen LogP contribution in [0.1, 0.15) is 15.9 Å². The highest BCUT2D eigenvalue weighted by molar-refractivity contribution is 7.91. The second-order valence-corrected chi connectivity index (χ2v) is 8.87. The van der Waals surface area contributed by atoms with E-state index in [-0.39, 0.29) is 32.1 Å². The molecule has 152 valence electrons. The monoisotopic (exact) mass is 442 g/mol. The second-order valence-electron chi connectivity index (χ2n) is 6.54. The maximum atomic E-state index is 12.9. The van der Waals surface area contributed by atoms with Crippen molar-refractivity contribution in [3.05, 3.63) is 76.8 Å². The topological polar surface area (TPSA) is 109 Å². The Morgan fingerprint density at radius 2 is 1.83 bits per heavy atom. The zero-order chi connectivity index (χ0) is 21.5. The van der Waals surface area contributed by atoms with Crippen LogP contribution in [0.2, 0.25) is 5.02 Å². The number of ether oxygens (including phenoxy) is 1. The lowest BCUT2D eigenvalue weighted by atomic mass is 10.1. The molecule has 0 aliphatic heterocycles. The lowest BCUT2D eigenvalue weighted by Crippen LogP contribution is -2.02. The number of nitrogens with zero attached hydrogens (tertiary/aromatic N) is 1. The summed E-state index contributed by atoms with van der Waals surface area (Å²) in [6.45, 7) is 1.69. The number of imidazole rings is 1. The number of fused-ring (bicyclic) bond motifs is 1. The minimum Gasteiger partial charge on any atom is -0.478 e. The smallest absolute Gasteiger partial charge is 0.336 e. The first-order valence-electron chi connectivity index (χ1n) is 8.77. The number of sulfone groups is 1. The number of nitrogens with one attached hydrogen (secondary N) is 1. The van der Waals surface area contributed by atoms with Gasteiger partial charge in [-0.15, -0.1) is 0 Å². The minimum atomic E-state index is -3.82. The molecule has 0 fully saturated rings. The second kappa shape index (κ2) is 7.47. The average molecular weight is 443 g/mol. The summed E-state index contributed by atoms with van der Waals surface area (Å²) in [5, 5.41) is 9.30. The highest BCUT2D eigenvalue weighted by Crippen LogP contribution is 2.32. The van der Waals surface area contributed by atoms with E-state index in [0.717, 1.165) is 0 Å². The van der Waals surface area contributed by atoms with Gasteiger partial charge in [0.15, 0.2) is 0 Å². The third-order valence-electron chi connectivity index (χ3n) is 4.51. The minimum absolute atomic E-state index is 0.0463. The number of rotatable bonds is 5. The van der Waals surface area contributed by atoms with Crippen molar-refractivity contribution in [2.45, 2.75) is 16.7 Å². The SMILES string of the molecule is Cc1ccc(Oc2nc3cc(S(=O)(=O)c4ccccc4)c(Cl)cc3[nH]2)cc1C(=O)O. The maximum Gasteiger partial charge on any atom is 0.336 e. The Bertz CT molecular complexity index is 1380. The van der Waals surface area contributed by atoms with Crippen LogP contribution in [0.4, 0.5) is 0 Å². The molecule has 0 atom stereocenters. The summed E-state index contributed by atoms with van der Waals surface area (Å²) in [5.41, 5.74) is 1.53. The zero-order valence-electron chi connectivity index (χ0n) is 15.6. The van der Waals surface area contributed by atoms with E-state index in [4.69, 9.17) is 16.3 Å². The third kappa shape index (κ3) is 3.62. The van der Waals surface area contributed by atoms with Crippen molar-refractivity contribution in [2.24, 2.45) is 0 Å². The van der Waals surface area contributed by atoms with E-state index in [0.29, 0.717) is 16.6 Å². The molecule has 4 rings (SSSR count). The normalized spacial score (nSPS) is 11.5. The fraction of sp³-hybridized carbons (Fsp3) is 0.0476. The Kier molecular flexibility index (Phi) is 4.97. The van der Waals surface area contributed by atoms with Crippen molar-refractivity contribution in [2.75, 3.05) is 0 Å². The van der Waals surface area contributed by atoms with E-state index < -0.39 is 15.8 Å². The highest BCUT2D eigenvalue weighted by Gasteiger charge is 2.22. The van der Waals surface area contributed by atoms with E-state index in [1.807, 2.05) is 0 Å². The number of aromatic carboxylic acids is 1. The molecule has 0 aliphatic carbocycles. The van der Waals surface area contributed by atoms with Crippen LogP contribution >= 0.6 is 11.6 Å². The number of aromatic amines is 1. The molecule has 30 heavy (non-hydrogen) atoms. The Morgan fingerprint density at radius 1 is 1.10 bits per heavy atom. The number of carbonyl (C=O) groups is 1. The molecule has 7 nitrogen and oxygen atoms in total. The standard InChI is InChI=1S/C21H15ClN2O5S/c1-12-7-8-13(9-15(12)20(25)26)29-21-23-17-10-16(22)19(11-18(17)24-21)30(27,28)14-5-3-2-4-6-14/h2-11H,1H3,(H,23,24)(H,25,26). The highest BCUT2D eigenvalue weighted by atomic mass is 35.5. The van der Waals surface area contributed by atoms with Gasteiger partial charge in [0, 0.05) is 0 Å². The Morgan fingerprint density at radius 3 is 2.53 bits per heavy atom. The molecule has 0 saturated heterocycles. The van der Waals surface area contributed by atoms with Crippen LogP contribution in [0.3, 0.4) is 0 Å². The predicted molar refractivity (Wildman–Crippen MR) is 111 cm³/mol.